The molecule has 1 aromatic carbocycles. The number of alkyl halides is 2. The van der Waals surface area contributed by atoms with Crippen LogP contribution < -0.4 is 4.90 Å². The Kier molecular flexibility index (Phi) is 3.53. The predicted molar refractivity (Wildman–Crippen MR) is 94.1 cm³/mol. The van der Waals surface area contributed by atoms with Crippen LogP contribution >= 0.6 is 15.9 Å². The standard InChI is InChI=1S/C17H17BrF2N4/c1-10-7-12-14(13(18)8-10)22-16(24-9-11(2)21-15(12)24)23-5-3-17(19,20)4-6-23/h7-9H,3-6H2,1-2H3. The van der Waals surface area contributed by atoms with E-state index < -0.39 is 5.92 Å². The summed E-state index contributed by atoms with van der Waals surface area (Å²) in [7, 11) is 0. The number of piperidine rings is 1. The molecule has 24 heavy (non-hydrogen) atoms. The molecule has 0 N–H and O–H groups in total. The van der Waals surface area contributed by atoms with E-state index in [1.165, 1.54) is 0 Å². The summed E-state index contributed by atoms with van der Waals surface area (Å²) in [6.07, 6.45) is 1.63. The second-order valence-corrected chi connectivity index (χ2v) is 7.33. The Hall–Kier alpha value is -1.76. The van der Waals surface area contributed by atoms with Gasteiger partial charge in [-0.3, -0.25) is 4.40 Å². The molecule has 1 aliphatic rings. The summed E-state index contributed by atoms with van der Waals surface area (Å²) in [5.74, 6) is -1.90. The number of rotatable bonds is 1. The van der Waals surface area contributed by atoms with Gasteiger partial charge in [-0.05, 0) is 47.5 Å². The van der Waals surface area contributed by atoms with Crippen LogP contribution in [0, 0.1) is 13.8 Å². The quantitative estimate of drug-likeness (QED) is 0.609. The number of benzene rings is 1. The maximum absolute atomic E-state index is 13.5. The molecule has 0 radical (unpaired) electrons. The van der Waals surface area contributed by atoms with Crippen LogP contribution in [0.5, 0.6) is 0 Å². The molecule has 0 spiro atoms. The Morgan fingerprint density at radius 3 is 2.54 bits per heavy atom. The number of aryl methyl sites for hydroxylation is 2. The van der Waals surface area contributed by atoms with Crippen LogP contribution in [0.2, 0.25) is 0 Å². The number of halogens is 3. The van der Waals surface area contributed by atoms with Crippen LogP contribution in [0.25, 0.3) is 16.6 Å². The Morgan fingerprint density at radius 1 is 1.12 bits per heavy atom. The highest BCUT2D eigenvalue weighted by Crippen LogP contribution is 2.33. The number of imidazole rings is 1. The maximum Gasteiger partial charge on any atom is 0.251 e. The van der Waals surface area contributed by atoms with Gasteiger partial charge in [-0.15, -0.1) is 0 Å². The van der Waals surface area contributed by atoms with E-state index in [1.54, 1.807) is 0 Å². The summed E-state index contributed by atoms with van der Waals surface area (Å²) < 4.78 is 29.8. The molecule has 0 saturated carbocycles. The average Bonchev–Trinajstić information content (AvgIpc) is 2.89. The summed E-state index contributed by atoms with van der Waals surface area (Å²) in [5, 5.41) is 0.959. The van der Waals surface area contributed by atoms with E-state index in [9.17, 15) is 8.78 Å². The lowest BCUT2D eigenvalue weighted by Gasteiger charge is -2.32. The van der Waals surface area contributed by atoms with Gasteiger partial charge < -0.3 is 4.90 Å². The van der Waals surface area contributed by atoms with Gasteiger partial charge in [-0.2, -0.15) is 0 Å². The lowest BCUT2D eigenvalue weighted by atomic mass is 10.1. The summed E-state index contributed by atoms with van der Waals surface area (Å²) in [5.41, 5.74) is 3.62. The molecule has 0 atom stereocenters. The number of aromatic nitrogens is 3. The predicted octanol–water partition coefficient (Wildman–Crippen LogP) is 4.50. The van der Waals surface area contributed by atoms with Gasteiger partial charge in [0.05, 0.1) is 11.2 Å². The molecule has 1 aliphatic heterocycles. The first kappa shape index (κ1) is 15.7. The van der Waals surface area contributed by atoms with Crippen molar-refractivity contribution in [1.82, 2.24) is 14.4 Å². The first-order chi connectivity index (χ1) is 11.3. The van der Waals surface area contributed by atoms with Crippen LogP contribution in [-0.4, -0.2) is 33.4 Å². The number of hydrogen-bond acceptors (Lipinski definition) is 3. The van der Waals surface area contributed by atoms with Crippen LogP contribution in [0.15, 0.2) is 22.8 Å². The van der Waals surface area contributed by atoms with Crippen molar-refractivity contribution >= 4 is 38.4 Å². The molecular formula is C17H17BrF2N4. The molecule has 0 aliphatic carbocycles. The van der Waals surface area contributed by atoms with E-state index in [1.807, 2.05) is 35.4 Å². The largest absolute Gasteiger partial charge is 0.341 e. The third-order valence-corrected chi connectivity index (χ3v) is 5.08. The minimum atomic E-state index is -2.57. The lowest BCUT2D eigenvalue weighted by molar-refractivity contribution is -0.0222. The summed E-state index contributed by atoms with van der Waals surface area (Å²) in [6, 6.07) is 4.07. The van der Waals surface area contributed by atoms with Crippen molar-refractivity contribution in [1.29, 1.82) is 0 Å². The van der Waals surface area contributed by atoms with Gasteiger partial charge in [0.2, 0.25) is 5.95 Å². The highest BCUT2D eigenvalue weighted by atomic mass is 79.9. The Bertz CT molecular complexity index is 941. The van der Waals surface area contributed by atoms with Gasteiger partial charge in [0.1, 0.15) is 5.65 Å². The minimum absolute atomic E-state index is 0.142. The number of anilines is 1. The molecule has 3 aromatic rings. The second-order valence-electron chi connectivity index (χ2n) is 6.47. The van der Waals surface area contributed by atoms with Crippen molar-refractivity contribution in [2.75, 3.05) is 18.0 Å². The van der Waals surface area contributed by atoms with Gasteiger partial charge in [0.15, 0.2) is 0 Å². The zero-order chi connectivity index (χ0) is 17.1. The van der Waals surface area contributed by atoms with Crippen molar-refractivity contribution < 1.29 is 8.78 Å². The highest BCUT2D eigenvalue weighted by molar-refractivity contribution is 9.10. The average molecular weight is 395 g/mol. The molecule has 7 heteroatoms. The highest BCUT2D eigenvalue weighted by Gasteiger charge is 2.35. The summed E-state index contributed by atoms with van der Waals surface area (Å²) in [4.78, 5) is 11.3. The topological polar surface area (TPSA) is 33.4 Å². The number of hydrogen-bond donors (Lipinski definition) is 0. The molecular weight excluding hydrogens is 378 g/mol. The Morgan fingerprint density at radius 2 is 1.83 bits per heavy atom. The van der Waals surface area contributed by atoms with Crippen LogP contribution in [-0.2, 0) is 0 Å². The zero-order valence-electron chi connectivity index (χ0n) is 13.5. The van der Waals surface area contributed by atoms with Gasteiger partial charge in [-0.25, -0.2) is 18.7 Å². The number of fused-ring (bicyclic) bond motifs is 3. The molecule has 2 aromatic heterocycles. The second kappa shape index (κ2) is 5.37. The smallest absolute Gasteiger partial charge is 0.251 e. The molecule has 0 amide bonds. The van der Waals surface area contributed by atoms with Crippen molar-refractivity contribution in [3.63, 3.8) is 0 Å². The Labute approximate surface area is 146 Å². The lowest BCUT2D eigenvalue weighted by Crippen LogP contribution is -2.40. The molecule has 4 nitrogen and oxygen atoms in total. The molecule has 4 rings (SSSR count). The van der Waals surface area contributed by atoms with E-state index >= 15 is 0 Å². The van der Waals surface area contributed by atoms with Crippen LogP contribution in [0.4, 0.5) is 14.7 Å². The molecule has 1 saturated heterocycles. The van der Waals surface area contributed by atoms with Crippen LogP contribution in [0.3, 0.4) is 0 Å². The van der Waals surface area contributed by atoms with Gasteiger partial charge in [0.25, 0.3) is 5.92 Å². The molecule has 126 valence electrons. The molecule has 1 fully saturated rings. The monoisotopic (exact) mass is 394 g/mol. The molecule has 0 bridgehead atoms. The van der Waals surface area contributed by atoms with Gasteiger partial charge in [0, 0.05) is 42.0 Å². The summed E-state index contributed by atoms with van der Waals surface area (Å²) >= 11 is 3.58. The first-order valence-corrected chi connectivity index (χ1v) is 8.72. The van der Waals surface area contributed by atoms with Crippen molar-refractivity contribution in [3.8, 4) is 0 Å². The van der Waals surface area contributed by atoms with E-state index in [4.69, 9.17) is 4.98 Å². The minimum Gasteiger partial charge on any atom is -0.341 e. The fourth-order valence-electron chi connectivity index (χ4n) is 3.27. The van der Waals surface area contributed by atoms with Crippen molar-refractivity contribution in [2.24, 2.45) is 0 Å². The van der Waals surface area contributed by atoms with E-state index in [0.29, 0.717) is 19.0 Å². The van der Waals surface area contributed by atoms with Crippen molar-refractivity contribution in [2.45, 2.75) is 32.6 Å². The van der Waals surface area contributed by atoms with Gasteiger partial charge in [-0.1, -0.05) is 0 Å². The fourth-order valence-corrected chi connectivity index (χ4v) is 3.93. The third kappa shape index (κ3) is 2.55. The first-order valence-electron chi connectivity index (χ1n) is 7.92. The molecule has 0 unspecified atom stereocenters. The van der Waals surface area contributed by atoms with E-state index in [-0.39, 0.29) is 12.8 Å². The van der Waals surface area contributed by atoms with E-state index in [0.717, 1.165) is 32.3 Å². The number of nitrogens with zero attached hydrogens (tertiary/aromatic N) is 4. The van der Waals surface area contributed by atoms with Crippen molar-refractivity contribution in [3.05, 3.63) is 34.1 Å². The van der Waals surface area contributed by atoms with E-state index in [2.05, 4.69) is 27.0 Å². The zero-order valence-corrected chi connectivity index (χ0v) is 15.1. The van der Waals surface area contributed by atoms with Crippen LogP contribution in [0.1, 0.15) is 24.1 Å². The fraction of sp³-hybridized carbons (Fsp3) is 0.412. The normalized spacial score (nSPS) is 17.8. The third-order valence-electron chi connectivity index (χ3n) is 4.48. The Balaban J connectivity index is 1.94. The van der Waals surface area contributed by atoms with Gasteiger partial charge >= 0.3 is 0 Å². The molecule has 3 heterocycles. The summed E-state index contributed by atoms with van der Waals surface area (Å²) in [6.45, 7) is 4.54. The SMILES string of the molecule is Cc1cc(Br)c2nc(N3CCC(F)(F)CC3)n3cc(C)nc3c2c1. The maximum atomic E-state index is 13.5.